The Labute approximate surface area is 126 Å². The average Bonchev–Trinajstić information content (AvgIpc) is 2.47. The smallest absolute Gasteiger partial charge is 0.308 e. The normalized spacial score (nSPS) is 11.8. The number of hydrogen-bond acceptors (Lipinski definition) is 2. The van der Waals surface area contributed by atoms with Crippen LogP contribution in [0.4, 0.5) is 0 Å². The third-order valence-electron chi connectivity index (χ3n) is 3.59. The van der Waals surface area contributed by atoms with Crippen LogP contribution in [0.25, 0.3) is 5.57 Å². The molecule has 0 amide bonds. The Morgan fingerprint density at radius 3 is 2.14 bits per heavy atom. The molecule has 0 radical (unpaired) electrons. The molecule has 21 heavy (non-hydrogen) atoms. The second-order valence-corrected chi connectivity index (χ2v) is 5.28. The number of carbonyl (C=O) groups excluding carboxylic acids is 1. The van der Waals surface area contributed by atoms with Crippen molar-refractivity contribution in [3.8, 4) is 5.75 Å². The molecule has 1 unspecified atom stereocenters. The van der Waals surface area contributed by atoms with Gasteiger partial charge in [0.2, 0.25) is 0 Å². The van der Waals surface area contributed by atoms with Gasteiger partial charge in [0.1, 0.15) is 5.75 Å². The van der Waals surface area contributed by atoms with Crippen molar-refractivity contribution in [3.05, 3.63) is 71.8 Å². The van der Waals surface area contributed by atoms with E-state index in [2.05, 4.69) is 44.7 Å². The zero-order chi connectivity index (χ0) is 15.4. The predicted octanol–water partition coefficient (Wildman–Crippen LogP) is 4.74. The third-order valence-corrected chi connectivity index (χ3v) is 3.59. The number of aryl methyl sites for hydroxylation is 1. The molecule has 2 rings (SSSR count). The number of esters is 1. The minimum atomic E-state index is -0.306. The van der Waals surface area contributed by atoms with Crippen molar-refractivity contribution in [2.75, 3.05) is 0 Å². The monoisotopic (exact) mass is 280 g/mol. The minimum Gasteiger partial charge on any atom is -0.427 e. The maximum Gasteiger partial charge on any atom is 0.308 e. The molecule has 0 spiro atoms. The van der Waals surface area contributed by atoms with E-state index < -0.39 is 0 Å². The lowest BCUT2D eigenvalue weighted by atomic mass is 9.89. The summed E-state index contributed by atoms with van der Waals surface area (Å²) < 4.78 is 5.05. The van der Waals surface area contributed by atoms with E-state index in [1.807, 2.05) is 24.3 Å². The summed E-state index contributed by atoms with van der Waals surface area (Å²) in [6.45, 7) is 9.82. The van der Waals surface area contributed by atoms with E-state index in [1.54, 1.807) is 0 Å². The highest BCUT2D eigenvalue weighted by Gasteiger charge is 2.11. The summed E-state index contributed by atoms with van der Waals surface area (Å²) in [5.74, 6) is 0.471. The summed E-state index contributed by atoms with van der Waals surface area (Å²) >= 11 is 0. The van der Waals surface area contributed by atoms with Gasteiger partial charge >= 0.3 is 5.97 Å². The number of hydrogen-bond donors (Lipinski definition) is 0. The summed E-state index contributed by atoms with van der Waals surface area (Å²) in [7, 11) is 0. The van der Waals surface area contributed by atoms with Crippen molar-refractivity contribution in [1.82, 2.24) is 0 Å². The van der Waals surface area contributed by atoms with Crippen LogP contribution in [0.3, 0.4) is 0 Å². The van der Waals surface area contributed by atoms with E-state index in [0.717, 1.165) is 16.7 Å². The first kappa shape index (κ1) is 15.0. The molecule has 0 aromatic heterocycles. The zero-order valence-corrected chi connectivity index (χ0v) is 12.7. The second kappa shape index (κ2) is 6.40. The highest BCUT2D eigenvalue weighted by Crippen LogP contribution is 2.31. The fourth-order valence-corrected chi connectivity index (χ4v) is 2.21. The van der Waals surface area contributed by atoms with Crippen molar-refractivity contribution in [1.29, 1.82) is 0 Å². The SMILES string of the molecule is C=C(c1ccc(C)cc1)C(C)c1ccc(OC(C)=O)cc1. The number of rotatable bonds is 4. The van der Waals surface area contributed by atoms with E-state index >= 15 is 0 Å². The van der Waals surface area contributed by atoms with E-state index in [1.165, 1.54) is 12.5 Å². The molecule has 0 N–H and O–H groups in total. The summed E-state index contributed by atoms with van der Waals surface area (Å²) in [4.78, 5) is 10.9. The summed E-state index contributed by atoms with van der Waals surface area (Å²) in [5.41, 5.74) is 4.62. The van der Waals surface area contributed by atoms with Crippen molar-refractivity contribution >= 4 is 11.5 Å². The van der Waals surface area contributed by atoms with Crippen molar-refractivity contribution in [2.45, 2.75) is 26.7 Å². The molecule has 1 atom stereocenters. The van der Waals surface area contributed by atoms with Crippen LogP contribution in [-0.4, -0.2) is 5.97 Å². The van der Waals surface area contributed by atoms with Crippen molar-refractivity contribution in [2.24, 2.45) is 0 Å². The van der Waals surface area contributed by atoms with Gasteiger partial charge in [-0.1, -0.05) is 55.5 Å². The maximum atomic E-state index is 10.9. The third kappa shape index (κ3) is 3.82. The molecule has 0 saturated heterocycles. The van der Waals surface area contributed by atoms with Gasteiger partial charge in [-0.2, -0.15) is 0 Å². The lowest BCUT2D eigenvalue weighted by molar-refractivity contribution is -0.131. The number of ether oxygens (including phenoxy) is 1. The minimum absolute atomic E-state index is 0.207. The number of allylic oxidation sites excluding steroid dienone is 1. The van der Waals surface area contributed by atoms with Crippen LogP contribution < -0.4 is 4.74 Å². The van der Waals surface area contributed by atoms with Crippen LogP contribution in [0, 0.1) is 6.92 Å². The van der Waals surface area contributed by atoms with Crippen LogP contribution in [-0.2, 0) is 4.79 Å². The molecule has 0 fully saturated rings. The summed E-state index contributed by atoms with van der Waals surface area (Å²) in [5, 5.41) is 0. The van der Waals surface area contributed by atoms with E-state index in [0.29, 0.717) is 5.75 Å². The molecule has 0 bridgehead atoms. The number of benzene rings is 2. The van der Waals surface area contributed by atoms with Crippen LogP contribution in [0.15, 0.2) is 55.1 Å². The van der Waals surface area contributed by atoms with Crippen LogP contribution in [0.2, 0.25) is 0 Å². The Morgan fingerprint density at radius 1 is 1.05 bits per heavy atom. The van der Waals surface area contributed by atoms with Gasteiger partial charge in [-0.3, -0.25) is 4.79 Å². The van der Waals surface area contributed by atoms with Gasteiger partial charge < -0.3 is 4.74 Å². The Morgan fingerprint density at radius 2 is 1.62 bits per heavy atom. The van der Waals surface area contributed by atoms with Crippen LogP contribution in [0.1, 0.15) is 36.5 Å². The van der Waals surface area contributed by atoms with E-state index in [-0.39, 0.29) is 11.9 Å². The van der Waals surface area contributed by atoms with Gasteiger partial charge in [-0.25, -0.2) is 0 Å². The fraction of sp³-hybridized carbons (Fsp3) is 0.211. The topological polar surface area (TPSA) is 26.3 Å². The van der Waals surface area contributed by atoms with Crippen molar-refractivity contribution < 1.29 is 9.53 Å². The molecule has 2 aromatic carbocycles. The standard InChI is InChI=1S/C19H20O2/c1-13-5-7-17(8-6-13)14(2)15(3)18-9-11-19(12-10-18)21-16(4)20/h5-12,15H,2H2,1,3-4H3. The summed E-state index contributed by atoms with van der Waals surface area (Å²) in [6.07, 6.45) is 0. The zero-order valence-electron chi connectivity index (χ0n) is 12.7. The number of carbonyl (C=O) groups is 1. The lowest BCUT2D eigenvalue weighted by Gasteiger charge is -2.16. The Kier molecular flexibility index (Phi) is 4.59. The molecular weight excluding hydrogens is 260 g/mol. The molecule has 2 nitrogen and oxygen atoms in total. The summed E-state index contributed by atoms with van der Waals surface area (Å²) in [6, 6.07) is 16.0. The Bertz CT molecular complexity index is 636. The average molecular weight is 280 g/mol. The van der Waals surface area contributed by atoms with E-state index in [4.69, 9.17) is 4.74 Å². The largest absolute Gasteiger partial charge is 0.427 e. The van der Waals surface area contributed by atoms with Gasteiger partial charge in [-0.05, 0) is 35.8 Å². The predicted molar refractivity (Wildman–Crippen MR) is 86.4 cm³/mol. The molecule has 2 heteroatoms. The fourth-order valence-electron chi connectivity index (χ4n) is 2.21. The second-order valence-electron chi connectivity index (χ2n) is 5.28. The molecule has 0 aliphatic rings. The molecule has 0 saturated carbocycles. The van der Waals surface area contributed by atoms with Gasteiger partial charge in [-0.15, -0.1) is 0 Å². The molecule has 0 aliphatic carbocycles. The quantitative estimate of drug-likeness (QED) is 0.597. The van der Waals surface area contributed by atoms with Gasteiger partial charge in [0, 0.05) is 12.8 Å². The first-order valence-corrected chi connectivity index (χ1v) is 7.01. The van der Waals surface area contributed by atoms with Gasteiger partial charge in [0.05, 0.1) is 0 Å². The molecular formula is C19H20O2. The lowest BCUT2D eigenvalue weighted by Crippen LogP contribution is -2.02. The van der Waals surface area contributed by atoms with Crippen LogP contribution >= 0.6 is 0 Å². The first-order valence-electron chi connectivity index (χ1n) is 7.01. The van der Waals surface area contributed by atoms with E-state index in [9.17, 15) is 4.79 Å². The maximum absolute atomic E-state index is 10.9. The van der Waals surface area contributed by atoms with Crippen molar-refractivity contribution in [3.63, 3.8) is 0 Å². The highest BCUT2D eigenvalue weighted by atomic mass is 16.5. The molecule has 2 aromatic rings. The Balaban J connectivity index is 2.15. The highest BCUT2D eigenvalue weighted by molar-refractivity contribution is 5.70. The van der Waals surface area contributed by atoms with Crippen LogP contribution in [0.5, 0.6) is 5.75 Å². The molecule has 108 valence electrons. The van der Waals surface area contributed by atoms with Gasteiger partial charge in [0.25, 0.3) is 0 Å². The molecule has 0 aliphatic heterocycles. The first-order chi connectivity index (χ1) is 9.97. The van der Waals surface area contributed by atoms with Gasteiger partial charge in [0.15, 0.2) is 0 Å². The molecule has 0 heterocycles. The Hall–Kier alpha value is -2.35.